The lowest BCUT2D eigenvalue weighted by Gasteiger charge is -2.17. The van der Waals surface area contributed by atoms with Crippen LogP contribution in [-0.4, -0.2) is 29.7 Å². The highest BCUT2D eigenvalue weighted by Crippen LogP contribution is 2.16. The summed E-state index contributed by atoms with van der Waals surface area (Å²) in [5.74, 6) is 0.866. The van der Waals surface area contributed by atoms with E-state index in [0.717, 1.165) is 44.9 Å². The smallest absolute Gasteiger partial charge is 0.250 e. The van der Waals surface area contributed by atoms with E-state index in [0.29, 0.717) is 6.04 Å². The van der Waals surface area contributed by atoms with Gasteiger partial charge in [0.1, 0.15) is 0 Å². The summed E-state index contributed by atoms with van der Waals surface area (Å²) >= 11 is 1.85. The molecule has 0 saturated heterocycles. The molecule has 1 atom stereocenters. The van der Waals surface area contributed by atoms with Crippen LogP contribution in [0.1, 0.15) is 36.4 Å². The average molecular weight is 502 g/mol. The van der Waals surface area contributed by atoms with E-state index in [-0.39, 0.29) is 29.5 Å². The molecule has 0 spiro atoms. The van der Waals surface area contributed by atoms with Crippen molar-refractivity contribution < 1.29 is 0 Å². The maximum absolute atomic E-state index is 11.7. The number of rotatable bonds is 9. The Labute approximate surface area is 183 Å². The molecule has 7 heteroatoms. The Morgan fingerprint density at radius 3 is 2.74 bits per heavy atom. The number of aromatic nitrogens is 1. The molecule has 2 aromatic heterocycles. The summed E-state index contributed by atoms with van der Waals surface area (Å²) in [6.45, 7) is 8.74. The third-order valence-electron chi connectivity index (χ3n) is 4.01. The molecule has 2 N–H and O–H groups in total. The highest BCUT2D eigenvalue weighted by molar-refractivity contribution is 14.0. The Hall–Kier alpha value is -1.35. The molecule has 0 radical (unpaired) electrons. The summed E-state index contributed by atoms with van der Waals surface area (Å²) in [5.41, 5.74) is 0.0589. The number of aryl methyl sites for hydroxylation is 2. The molecule has 1 unspecified atom stereocenters. The minimum Gasteiger partial charge on any atom is -0.357 e. The van der Waals surface area contributed by atoms with Crippen molar-refractivity contribution in [2.45, 2.75) is 52.6 Å². The maximum Gasteiger partial charge on any atom is 0.250 e. The van der Waals surface area contributed by atoms with Crippen LogP contribution in [0.5, 0.6) is 0 Å². The molecule has 0 amide bonds. The number of unbranched alkanes of at least 4 members (excludes halogenated alkanes) is 1. The van der Waals surface area contributed by atoms with Crippen LogP contribution in [0.15, 0.2) is 46.3 Å². The van der Waals surface area contributed by atoms with E-state index >= 15 is 0 Å². The van der Waals surface area contributed by atoms with E-state index < -0.39 is 0 Å². The molecular formula is C20H31IN4OS. The number of hydrogen-bond acceptors (Lipinski definition) is 3. The Morgan fingerprint density at radius 1 is 1.26 bits per heavy atom. The number of hydrogen-bond donors (Lipinski definition) is 2. The molecule has 27 heavy (non-hydrogen) atoms. The van der Waals surface area contributed by atoms with E-state index in [1.165, 1.54) is 9.75 Å². The van der Waals surface area contributed by atoms with Crippen molar-refractivity contribution in [3.05, 3.63) is 56.6 Å². The van der Waals surface area contributed by atoms with Crippen molar-refractivity contribution in [2.75, 3.05) is 13.1 Å². The molecule has 2 rings (SSSR count). The Balaban J connectivity index is 0.00000364. The summed E-state index contributed by atoms with van der Waals surface area (Å²) in [5, 5.41) is 6.79. The predicted molar refractivity (Wildman–Crippen MR) is 127 cm³/mol. The minimum absolute atomic E-state index is 0. The zero-order valence-corrected chi connectivity index (χ0v) is 19.6. The summed E-state index contributed by atoms with van der Waals surface area (Å²) in [7, 11) is 0. The average Bonchev–Trinajstić information content (AvgIpc) is 3.01. The van der Waals surface area contributed by atoms with Crippen LogP contribution in [0.3, 0.4) is 0 Å². The summed E-state index contributed by atoms with van der Waals surface area (Å²) in [6.07, 6.45) is 4.73. The normalized spacial score (nSPS) is 12.3. The van der Waals surface area contributed by atoms with E-state index in [9.17, 15) is 4.79 Å². The monoisotopic (exact) mass is 502 g/mol. The van der Waals surface area contributed by atoms with E-state index in [1.54, 1.807) is 16.7 Å². The molecule has 2 aromatic rings. The Morgan fingerprint density at radius 2 is 2.07 bits per heavy atom. The fourth-order valence-electron chi connectivity index (χ4n) is 2.73. The van der Waals surface area contributed by atoms with E-state index in [1.807, 2.05) is 23.6 Å². The standard InChI is InChI=1S/C20H30N4OS.HI/c1-4-21-20(23-16(2)15-18-11-10-17(3)26-18)22-12-6-8-14-24-13-7-5-9-19(24)25;/h5,7,9-11,13,16H,4,6,8,12,14-15H2,1-3H3,(H2,21,22,23);1H. The SMILES string of the molecule is CCNC(=NCCCCn1ccccc1=O)NC(C)Cc1ccc(C)s1.I. The first-order valence-corrected chi connectivity index (χ1v) is 10.2. The zero-order chi connectivity index (χ0) is 18.8. The van der Waals surface area contributed by atoms with Crippen LogP contribution in [0.2, 0.25) is 0 Å². The molecule has 0 saturated carbocycles. The first-order valence-electron chi connectivity index (χ1n) is 9.34. The lowest BCUT2D eigenvalue weighted by Crippen LogP contribution is -2.43. The van der Waals surface area contributed by atoms with Crippen LogP contribution in [0, 0.1) is 6.92 Å². The maximum atomic E-state index is 11.7. The molecule has 5 nitrogen and oxygen atoms in total. The molecule has 0 aliphatic rings. The van der Waals surface area contributed by atoms with Gasteiger partial charge in [-0.1, -0.05) is 6.07 Å². The van der Waals surface area contributed by atoms with Crippen molar-refractivity contribution in [3.63, 3.8) is 0 Å². The second-order valence-corrected chi connectivity index (χ2v) is 7.83. The van der Waals surface area contributed by atoms with Gasteiger partial charge in [0.25, 0.3) is 0 Å². The van der Waals surface area contributed by atoms with Gasteiger partial charge in [0.15, 0.2) is 5.96 Å². The lowest BCUT2D eigenvalue weighted by molar-refractivity contribution is 0.595. The first kappa shape index (κ1) is 23.7. The fourth-order valence-corrected chi connectivity index (χ4v) is 3.75. The van der Waals surface area contributed by atoms with Crippen LogP contribution in [0.4, 0.5) is 0 Å². The summed E-state index contributed by atoms with van der Waals surface area (Å²) in [4.78, 5) is 19.1. The third-order valence-corrected chi connectivity index (χ3v) is 5.03. The van der Waals surface area contributed by atoms with Crippen molar-refractivity contribution >= 4 is 41.3 Å². The Bertz CT molecular complexity index is 756. The number of halogens is 1. The summed E-state index contributed by atoms with van der Waals surface area (Å²) in [6, 6.07) is 9.97. The minimum atomic E-state index is 0. The van der Waals surface area contributed by atoms with Crippen LogP contribution in [-0.2, 0) is 13.0 Å². The van der Waals surface area contributed by atoms with E-state index in [4.69, 9.17) is 0 Å². The molecule has 0 aliphatic heterocycles. The van der Waals surface area contributed by atoms with Gasteiger partial charge in [-0.2, -0.15) is 0 Å². The van der Waals surface area contributed by atoms with E-state index in [2.05, 4.69) is 48.5 Å². The van der Waals surface area contributed by atoms with Gasteiger partial charge in [0.05, 0.1) is 0 Å². The number of nitrogens with one attached hydrogen (secondary N) is 2. The zero-order valence-electron chi connectivity index (χ0n) is 16.4. The lowest BCUT2D eigenvalue weighted by atomic mass is 10.2. The molecule has 0 fully saturated rings. The van der Waals surface area contributed by atoms with Gasteiger partial charge in [-0.15, -0.1) is 35.3 Å². The van der Waals surface area contributed by atoms with Crippen LogP contribution in [0.25, 0.3) is 0 Å². The van der Waals surface area contributed by atoms with Crippen molar-refractivity contribution in [3.8, 4) is 0 Å². The first-order chi connectivity index (χ1) is 12.6. The number of thiophene rings is 1. The van der Waals surface area contributed by atoms with Crippen LogP contribution >= 0.6 is 35.3 Å². The number of guanidine groups is 1. The van der Waals surface area contributed by atoms with Gasteiger partial charge in [0.2, 0.25) is 5.56 Å². The van der Waals surface area contributed by atoms with Gasteiger partial charge in [-0.05, 0) is 51.8 Å². The molecule has 0 bridgehead atoms. The quantitative estimate of drug-likeness (QED) is 0.237. The molecule has 0 aliphatic carbocycles. The number of pyridine rings is 1. The highest BCUT2D eigenvalue weighted by Gasteiger charge is 2.07. The molecule has 2 heterocycles. The topological polar surface area (TPSA) is 58.4 Å². The molecular weight excluding hydrogens is 471 g/mol. The molecule has 150 valence electrons. The second-order valence-electron chi connectivity index (χ2n) is 6.46. The predicted octanol–water partition coefficient (Wildman–Crippen LogP) is 3.80. The van der Waals surface area contributed by atoms with Crippen molar-refractivity contribution in [2.24, 2.45) is 4.99 Å². The third kappa shape index (κ3) is 8.92. The van der Waals surface area contributed by atoms with Gasteiger partial charge >= 0.3 is 0 Å². The molecule has 0 aromatic carbocycles. The van der Waals surface area contributed by atoms with Crippen LogP contribution < -0.4 is 16.2 Å². The highest BCUT2D eigenvalue weighted by atomic mass is 127. The van der Waals surface area contributed by atoms with Crippen molar-refractivity contribution in [1.29, 1.82) is 0 Å². The largest absolute Gasteiger partial charge is 0.357 e. The number of aliphatic imine (C=N–C) groups is 1. The van der Waals surface area contributed by atoms with Gasteiger partial charge in [-0.3, -0.25) is 9.79 Å². The van der Waals surface area contributed by atoms with Gasteiger partial charge < -0.3 is 15.2 Å². The van der Waals surface area contributed by atoms with Crippen molar-refractivity contribution in [1.82, 2.24) is 15.2 Å². The second kappa shape index (κ2) is 12.9. The Kier molecular flexibility index (Phi) is 11.3. The van der Waals surface area contributed by atoms with Gasteiger partial charge in [0, 0.05) is 54.1 Å². The number of nitrogens with zero attached hydrogens (tertiary/aromatic N) is 2. The van der Waals surface area contributed by atoms with Gasteiger partial charge in [-0.25, -0.2) is 0 Å². The summed E-state index contributed by atoms with van der Waals surface area (Å²) < 4.78 is 1.75. The fraction of sp³-hybridized carbons (Fsp3) is 0.500.